The smallest absolute Gasteiger partial charge is 0.337 e. The number of rotatable bonds is 6. The second-order valence-corrected chi connectivity index (χ2v) is 6.69. The number of carboxylic acid groups (broad SMARTS) is 1. The predicted molar refractivity (Wildman–Crippen MR) is 93.0 cm³/mol. The Bertz CT molecular complexity index is 669. The van der Waals surface area contributed by atoms with Gasteiger partial charge in [0.25, 0.3) is 0 Å². The molecular formula is C19H26N2O2. The molecule has 3 rings (SSSR count). The Morgan fingerprint density at radius 1 is 1.35 bits per heavy atom. The standard InChI is InChI=1S/C19H26N2O2/c1-2-3-9-21-10-7-14(8-11-21)12-15-5-4-6-16-17(19(22)23)13-20-18(15)16/h4-6,13-14,20H,2-3,7-12H2,1H3,(H,22,23). The van der Waals surface area contributed by atoms with Crippen molar-refractivity contribution in [2.75, 3.05) is 19.6 Å². The summed E-state index contributed by atoms with van der Waals surface area (Å²) in [7, 11) is 0. The molecule has 0 bridgehead atoms. The van der Waals surface area contributed by atoms with Crippen LogP contribution in [0.25, 0.3) is 10.9 Å². The summed E-state index contributed by atoms with van der Waals surface area (Å²) < 4.78 is 0. The average molecular weight is 314 g/mol. The molecule has 4 nitrogen and oxygen atoms in total. The van der Waals surface area contributed by atoms with Gasteiger partial charge in [0.05, 0.1) is 5.56 Å². The Kier molecular flexibility index (Phi) is 5.01. The van der Waals surface area contributed by atoms with Crippen LogP contribution in [0.5, 0.6) is 0 Å². The van der Waals surface area contributed by atoms with Crippen molar-refractivity contribution >= 4 is 16.9 Å². The van der Waals surface area contributed by atoms with Gasteiger partial charge in [0.2, 0.25) is 0 Å². The van der Waals surface area contributed by atoms with E-state index in [4.69, 9.17) is 0 Å². The molecule has 2 heterocycles. The van der Waals surface area contributed by atoms with Crippen LogP contribution in [0.4, 0.5) is 0 Å². The quantitative estimate of drug-likeness (QED) is 0.849. The van der Waals surface area contributed by atoms with E-state index in [1.54, 1.807) is 6.20 Å². The van der Waals surface area contributed by atoms with Gasteiger partial charge >= 0.3 is 5.97 Å². The third-order valence-corrected chi connectivity index (χ3v) is 5.08. The van der Waals surface area contributed by atoms with Crippen LogP contribution >= 0.6 is 0 Å². The van der Waals surface area contributed by atoms with Crippen LogP contribution in [0.2, 0.25) is 0 Å². The van der Waals surface area contributed by atoms with Gasteiger partial charge in [0.15, 0.2) is 0 Å². The van der Waals surface area contributed by atoms with Gasteiger partial charge in [-0.1, -0.05) is 31.5 Å². The number of para-hydroxylation sites is 1. The largest absolute Gasteiger partial charge is 0.478 e. The number of aromatic carboxylic acids is 1. The Morgan fingerprint density at radius 2 is 2.13 bits per heavy atom. The number of carboxylic acids is 1. The molecule has 0 radical (unpaired) electrons. The molecular weight excluding hydrogens is 288 g/mol. The fourth-order valence-electron chi connectivity index (χ4n) is 3.67. The number of benzene rings is 1. The van der Waals surface area contributed by atoms with Crippen LogP contribution in [0, 0.1) is 5.92 Å². The van der Waals surface area contributed by atoms with E-state index >= 15 is 0 Å². The molecule has 2 aromatic rings. The molecule has 0 aliphatic carbocycles. The summed E-state index contributed by atoms with van der Waals surface area (Å²) in [5.41, 5.74) is 2.62. The lowest BCUT2D eigenvalue weighted by Crippen LogP contribution is -2.34. The predicted octanol–water partition coefficient (Wildman–Crippen LogP) is 3.92. The van der Waals surface area contributed by atoms with Gasteiger partial charge in [-0.3, -0.25) is 0 Å². The maximum absolute atomic E-state index is 11.3. The van der Waals surface area contributed by atoms with E-state index in [2.05, 4.69) is 22.9 Å². The minimum Gasteiger partial charge on any atom is -0.478 e. The molecule has 1 aliphatic rings. The molecule has 23 heavy (non-hydrogen) atoms. The summed E-state index contributed by atoms with van der Waals surface area (Å²) in [5, 5.41) is 10.1. The van der Waals surface area contributed by atoms with Crippen molar-refractivity contribution in [1.82, 2.24) is 9.88 Å². The number of aromatic amines is 1. The molecule has 0 atom stereocenters. The van der Waals surface area contributed by atoms with Crippen molar-refractivity contribution in [3.8, 4) is 0 Å². The summed E-state index contributed by atoms with van der Waals surface area (Å²) in [6.45, 7) is 5.88. The monoisotopic (exact) mass is 314 g/mol. The molecule has 0 spiro atoms. The van der Waals surface area contributed by atoms with Crippen LogP contribution in [0.3, 0.4) is 0 Å². The molecule has 0 unspecified atom stereocenters. The zero-order valence-electron chi connectivity index (χ0n) is 13.8. The SMILES string of the molecule is CCCCN1CCC(Cc2cccc3c(C(=O)O)c[nH]c23)CC1. The summed E-state index contributed by atoms with van der Waals surface area (Å²) in [4.78, 5) is 17.0. The number of fused-ring (bicyclic) bond motifs is 1. The third-order valence-electron chi connectivity index (χ3n) is 5.08. The molecule has 2 N–H and O–H groups in total. The number of H-pyrrole nitrogens is 1. The van der Waals surface area contributed by atoms with Crippen molar-refractivity contribution in [2.45, 2.75) is 39.0 Å². The van der Waals surface area contributed by atoms with Crippen molar-refractivity contribution in [3.63, 3.8) is 0 Å². The highest BCUT2D eigenvalue weighted by molar-refractivity contribution is 6.03. The first kappa shape index (κ1) is 16.1. The number of nitrogens with zero attached hydrogens (tertiary/aromatic N) is 1. The topological polar surface area (TPSA) is 56.3 Å². The zero-order valence-corrected chi connectivity index (χ0v) is 13.8. The van der Waals surface area contributed by atoms with Crippen LogP contribution in [0.1, 0.15) is 48.5 Å². The molecule has 4 heteroatoms. The van der Waals surface area contributed by atoms with Crippen molar-refractivity contribution in [1.29, 1.82) is 0 Å². The number of carbonyl (C=O) groups is 1. The third kappa shape index (κ3) is 3.58. The lowest BCUT2D eigenvalue weighted by molar-refractivity contribution is 0.0699. The van der Waals surface area contributed by atoms with Gasteiger partial charge in [-0.05, 0) is 56.8 Å². The van der Waals surface area contributed by atoms with Crippen molar-refractivity contribution < 1.29 is 9.90 Å². The fraction of sp³-hybridized carbons (Fsp3) is 0.526. The van der Waals surface area contributed by atoms with E-state index in [1.165, 1.54) is 50.9 Å². The Morgan fingerprint density at radius 3 is 2.83 bits per heavy atom. The van der Waals surface area contributed by atoms with E-state index < -0.39 is 5.97 Å². The maximum atomic E-state index is 11.3. The summed E-state index contributed by atoms with van der Waals surface area (Å²) in [5.74, 6) is -0.160. The summed E-state index contributed by atoms with van der Waals surface area (Å²) in [6, 6.07) is 6.01. The molecule has 1 fully saturated rings. The van der Waals surface area contributed by atoms with E-state index in [0.29, 0.717) is 11.5 Å². The number of unbranched alkanes of at least 4 members (excludes halogenated alkanes) is 1. The highest BCUT2D eigenvalue weighted by atomic mass is 16.4. The molecule has 0 saturated carbocycles. The van der Waals surface area contributed by atoms with Crippen LogP contribution in [-0.4, -0.2) is 40.6 Å². The van der Waals surface area contributed by atoms with E-state index in [0.717, 1.165) is 17.3 Å². The van der Waals surface area contributed by atoms with Gasteiger partial charge in [0.1, 0.15) is 0 Å². The zero-order chi connectivity index (χ0) is 16.2. The van der Waals surface area contributed by atoms with Crippen LogP contribution < -0.4 is 0 Å². The Balaban J connectivity index is 1.67. The van der Waals surface area contributed by atoms with Crippen molar-refractivity contribution in [2.24, 2.45) is 5.92 Å². The molecule has 0 amide bonds. The number of hydrogen-bond acceptors (Lipinski definition) is 2. The molecule has 1 saturated heterocycles. The highest BCUT2D eigenvalue weighted by Gasteiger charge is 2.20. The average Bonchev–Trinajstić information content (AvgIpc) is 2.99. The van der Waals surface area contributed by atoms with Gasteiger partial charge in [0, 0.05) is 17.1 Å². The van der Waals surface area contributed by atoms with E-state index in [1.807, 2.05) is 12.1 Å². The molecule has 1 aromatic carbocycles. The second kappa shape index (κ2) is 7.18. The van der Waals surface area contributed by atoms with Gasteiger partial charge in [-0.15, -0.1) is 0 Å². The molecule has 124 valence electrons. The normalized spacial score (nSPS) is 16.9. The van der Waals surface area contributed by atoms with Gasteiger partial charge in [-0.25, -0.2) is 4.79 Å². The highest BCUT2D eigenvalue weighted by Crippen LogP contribution is 2.27. The fourth-order valence-corrected chi connectivity index (χ4v) is 3.67. The van der Waals surface area contributed by atoms with E-state index in [-0.39, 0.29) is 0 Å². The minimum absolute atomic E-state index is 0.372. The van der Waals surface area contributed by atoms with Crippen molar-refractivity contribution in [3.05, 3.63) is 35.5 Å². The summed E-state index contributed by atoms with van der Waals surface area (Å²) >= 11 is 0. The molecule has 1 aromatic heterocycles. The van der Waals surface area contributed by atoms with Crippen LogP contribution in [-0.2, 0) is 6.42 Å². The number of nitrogens with one attached hydrogen (secondary N) is 1. The number of likely N-dealkylation sites (tertiary alicyclic amines) is 1. The Labute approximate surface area is 137 Å². The lowest BCUT2D eigenvalue weighted by Gasteiger charge is -2.32. The van der Waals surface area contributed by atoms with E-state index in [9.17, 15) is 9.90 Å². The lowest BCUT2D eigenvalue weighted by atomic mass is 9.89. The van der Waals surface area contributed by atoms with Crippen LogP contribution in [0.15, 0.2) is 24.4 Å². The first-order chi connectivity index (χ1) is 11.2. The van der Waals surface area contributed by atoms with Gasteiger partial charge < -0.3 is 15.0 Å². The van der Waals surface area contributed by atoms with Gasteiger partial charge in [-0.2, -0.15) is 0 Å². The summed E-state index contributed by atoms with van der Waals surface area (Å²) in [6.07, 6.45) is 7.70. The number of piperidine rings is 1. The first-order valence-electron chi connectivity index (χ1n) is 8.73. The Hall–Kier alpha value is -1.81. The minimum atomic E-state index is -0.863. The maximum Gasteiger partial charge on any atom is 0.337 e. The first-order valence-corrected chi connectivity index (χ1v) is 8.73. The second-order valence-electron chi connectivity index (χ2n) is 6.69. The molecule has 1 aliphatic heterocycles. The number of aromatic nitrogens is 1. The number of hydrogen-bond donors (Lipinski definition) is 2.